The van der Waals surface area contributed by atoms with Crippen molar-refractivity contribution < 1.29 is 9.53 Å². The molecule has 0 radical (unpaired) electrons. The third kappa shape index (κ3) is 4.35. The maximum Gasteiger partial charge on any atom is 0.252 e. The third-order valence-corrected chi connectivity index (χ3v) is 5.36. The van der Waals surface area contributed by atoms with E-state index in [1.165, 1.54) is 18.5 Å². The molecule has 5 rings (SSSR count). The Morgan fingerprint density at radius 2 is 2.00 bits per heavy atom. The molecule has 1 aliphatic carbocycles. The molecular weight excluding hydrogens is 436 g/mol. The lowest BCUT2D eigenvalue weighted by Crippen LogP contribution is -2.11. The largest absolute Gasteiger partial charge is 0.494 e. The number of Topliss-reactive ketones (excluding diaryl/α,β-unsaturated/α-hetero) is 1. The molecular formula is C23H22N8O3. The summed E-state index contributed by atoms with van der Waals surface area (Å²) >= 11 is 0. The van der Waals surface area contributed by atoms with Gasteiger partial charge in [0.1, 0.15) is 12.1 Å². The minimum absolute atomic E-state index is 0.0132. The van der Waals surface area contributed by atoms with E-state index < -0.39 is 0 Å². The van der Waals surface area contributed by atoms with Crippen LogP contribution in [0.1, 0.15) is 23.2 Å². The summed E-state index contributed by atoms with van der Waals surface area (Å²) in [6, 6.07) is 8.59. The van der Waals surface area contributed by atoms with Gasteiger partial charge in [-0.15, -0.1) is 0 Å². The number of aromatic amines is 1. The van der Waals surface area contributed by atoms with Crippen LogP contribution < -0.4 is 20.9 Å². The quantitative estimate of drug-likeness (QED) is 0.340. The Balaban J connectivity index is 1.54. The van der Waals surface area contributed by atoms with Crippen LogP contribution in [0.15, 0.2) is 53.8 Å². The number of ether oxygens (including phenoxy) is 1. The normalized spacial score (nSPS) is 12.9. The van der Waals surface area contributed by atoms with Crippen LogP contribution in [0.5, 0.6) is 5.75 Å². The van der Waals surface area contributed by atoms with Gasteiger partial charge in [0, 0.05) is 37.5 Å². The summed E-state index contributed by atoms with van der Waals surface area (Å²) < 4.78 is 7.31. The lowest BCUT2D eigenvalue weighted by molar-refractivity contribution is 0.0968. The van der Waals surface area contributed by atoms with Crippen molar-refractivity contribution in [3.8, 4) is 17.1 Å². The maximum absolute atomic E-state index is 13.0. The number of aromatic nitrogens is 6. The molecule has 0 atom stereocenters. The Hall–Kier alpha value is -4.54. The average molecular weight is 458 g/mol. The number of nitrogens with zero attached hydrogens (tertiary/aromatic N) is 5. The second-order valence-electron chi connectivity index (χ2n) is 7.91. The number of H-pyrrole nitrogens is 1. The number of rotatable bonds is 8. The number of pyridine rings is 1. The Kier molecular flexibility index (Phi) is 5.50. The van der Waals surface area contributed by atoms with E-state index in [4.69, 9.17) is 4.74 Å². The number of anilines is 4. The van der Waals surface area contributed by atoms with Crippen molar-refractivity contribution in [2.24, 2.45) is 13.0 Å². The highest BCUT2D eigenvalue weighted by Gasteiger charge is 2.32. The van der Waals surface area contributed by atoms with E-state index in [-0.39, 0.29) is 23.2 Å². The number of aryl methyl sites for hydroxylation is 1. The molecule has 3 heterocycles. The number of ketones is 1. The number of carbonyl (C=O) groups is 1. The molecule has 0 saturated heterocycles. The number of carbonyl (C=O) groups excluding carboxylic acids is 1. The first-order valence-electron chi connectivity index (χ1n) is 10.7. The molecule has 1 fully saturated rings. The van der Waals surface area contributed by atoms with Crippen molar-refractivity contribution in [2.45, 2.75) is 12.8 Å². The number of hydrogen-bond donors (Lipinski definition) is 3. The Morgan fingerprint density at radius 3 is 2.71 bits per heavy atom. The maximum atomic E-state index is 13.0. The molecule has 1 aromatic carbocycles. The van der Waals surface area contributed by atoms with Gasteiger partial charge in [-0.1, -0.05) is 6.07 Å². The molecule has 3 N–H and O–H groups in total. The predicted octanol–water partition coefficient (Wildman–Crippen LogP) is 3.05. The van der Waals surface area contributed by atoms with Crippen LogP contribution in [0.3, 0.4) is 0 Å². The van der Waals surface area contributed by atoms with E-state index in [0.29, 0.717) is 39.9 Å². The van der Waals surface area contributed by atoms with E-state index in [9.17, 15) is 9.59 Å². The second kappa shape index (κ2) is 8.77. The van der Waals surface area contributed by atoms with Crippen molar-refractivity contribution in [3.63, 3.8) is 0 Å². The fourth-order valence-corrected chi connectivity index (χ4v) is 3.58. The summed E-state index contributed by atoms with van der Waals surface area (Å²) in [5.41, 5.74) is 2.09. The van der Waals surface area contributed by atoms with Crippen LogP contribution in [-0.2, 0) is 7.05 Å². The number of hydrogen-bond acceptors (Lipinski definition) is 9. The van der Waals surface area contributed by atoms with E-state index >= 15 is 0 Å². The van der Waals surface area contributed by atoms with Crippen LogP contribution >= 0.6 is 0 Å². The van der Waals surface area contributed by atoms with Gasteiger partial charge in [-0.05, 0) is 25.0 Å². The summed E-state index contributed by atoms with van der Waals surface area (Å²) in [6.45, 7) is 0. The first-order valence-corrected chi connectivity index (χ1v) is 10.7. The summed E-state index contributed by atoms with van der Waals surface area (Å²) in [6.07, 6.45) is 6.29. The molecule has 3 aromatic heterocycles. The smallest absolute Gasteiger partial charge is 0.252 e. The Morgan fingerprint density at radius 1 is 1.15 bits per heavy atom. The van der Waals surface area contributed by atoms with E-state index in [1.807, 2.05) is 18.2 Å². The predicted molar refractivity (Wildman–Crippen MR) is 126 cm³/mol. The highest BCUT2D eigenvalue weighted by atomic mass is 16.5. The topological polar surface area (TPSA) is 140 Å². The first-order chi connectivity index (χ1) is 16.5. The molecule has 0 spiro atoms. The zero-order valence-electron chi connectivity index (χ0n) is 18.6. The minimum Gasteiger partial charge on any atom is -0.494 e. The molecule has 0 unspecified atom stereocenters. The molecule has 11 heteroatoms. The highest BCUT2D eigenvalue weighted by Crippen LogP contribution is 2.39. The van der Waals surface area contributed by atoms with Gasteiger partial charge in [-0.3, -0.25) is 19.3 Å². The van der Waals surface area contributed by atoms with Crippen molar-refractivity contribution in [2.75, 3.05) is 17.7 Å². The van der Waals surface area contributed by atoms with Gasteiger partial charge in [0.05, 0.1) is 29.6 Å². The van der Waals surface area contributed by atoms with E-state index in [2.05, 4.69) is 35.7 Å². The van der Waals surface area contributed by atoms with Crippen LogP contribution in [0.25, 0.3) is 11.4 Å². The highest BCUT2D eigenvalue weighted by molar-refractivity contribution is 6.04. The van der Waals surface area contributed by atoms with Gasteiger partial charge in [-0.25, -0.2) is 15.0 Å². The van der Waals surface area contributed by atoms with Gasteiger partial charge in [0.15, 0.2) is 17.4 Å². The van der Waals surface area contributed by atoms with Crippen LogP contribution in [-0.4, -0.2) is 42.6 Å². The summed E-state index contributed by atoms with van der Waals surface area (Å²) in [7, 11) is 3.36. The summed E-state index contributed by atoms with van der Waals surface area (Å²) in [5.74, 6) is 1.76. The molecule has 172 valence electrons. The standard InChI is InChI=1S/C23H22N8O3/c1-31-12-26-22(30-31)14-4-3-5-16(21(14)34-2)27-17-10-18(28-23-24-9-8-19(32)29-23)25-11-15(17)20(33)13-6-7-13/h3-5,8-13H,6-7H2,1-2H3,(H3,24,25,27,28,29,32). The van der Waals surface area contributed by atoms with E-state index in [0.717, 1.165) is 12.8 Å². The van der Waals surface area contributed by atoms with Crippen LogP contribution in [0.2, 0.25) is 0 Å². The van der Waals surface area contributed by atoms with Gasteiger partial charge in [0.2, 0.25) is 5.95 Å². The number of para-hydroxylation sites is 1. The summed E-state index contributed by atoms with van der Waals surface area (Å²) in [4.78, 5) is 39.9. The lowest BCUT2D eigenvalue weighted by Gasteiger charge is -2.17. The molecule has 4 aromatic rings. The molecule has 1 aliphatic rings. The first kappa shape index (κ1) is 21.3. The lowest BCUT2D eigenvalue weighted by atomic mass is 10.1. The molecule has 11 nitrogen and oxygen atoms in total. The monoisotopic (exact) mass is 458 g/mol. The SMILES string of the molecule is COc1c(Nc2cc(Nc3nccc(=O)[nH]3)ncc2C(=O)C2CC2)cccc1-c1ncn(C)n1. The molecule has 0 bridgehead atoms. The Bertz CT molecular complexity index is 1420. The van der Waals surface area contributed by atoms with Crippen LogP contribution in [0.4, 0.5) is 23.1 Å². The number of methoxy groups -OCH3 is 1. The average Bonchev–Trinajstić information content (AvgIpc) is 3.59. The van der Waals surface area contributed by atoms with Crippen molar-refractivity contribution in [3.05, 3.63) is 65.0 Å². The van der Waals surface area contributed by atoms with Gasteiger partial charge in [0.25, 0.3) is 5.56 Å². The zero-order valence-corrected chi connectivity index (χ0v) is 18.6. The molecule has 1 saturated carbocycles. The van der Waals surface area contributed by atoms with Gasteiger partial charge >= 0.3 is 0 Å². The minimum atomic E-state index is -0.291. The molecule has 34 heavy (non-hydrogen) atoms. The van der Waals surface area contributed by atoms with Crippen LogP contribution in [0, 0.1) is 5.92 Å². The van der Waals surface area contributed by atoms with Gasteiger partial charge in [-0.2, -0.15) is 5.10 Å². The molecule has 0 amide bonds. The summed E-state index contributed by atoms with van der Waals surface area (Å²) in [5, 5.41) is 10.7. The number of nitrogens with one attached hydrogen (secondary N) is 3. The van der Waals surface area contributed by atoms with Crippen molar-refractivity contribution >= 4 is 28.9 Å². The second-order valence-corrected chi connectivity index (χ2v) is 7.91. The Labute approximate surface area is 194 Å². The molecule has 0 aliphatic heterocycles. The third-order valence-electron chi connectivity index (χ3n) is 5.36. The number of benzene rings is 1. The zero-order chi connectivity index (χ0) is 23.7. The van der Waals surface area contributed by atoms with Crippen molar-refractivity contribution in [1.82, 2.24) is 29.7 Å². The fourth-order valence-electron chi connectivity index (χ4n) is 3.58. The fraction of sp³-hybridized carbons (Fsp3) is 0.217. The van der Waals surface area contributed by atoms with E-state index in [1.54, 1.807) is 31.2 Å². The van der Waals surface area contributed by atoms with Crippen molar-refractivity contribution in [1.29, 1.82) is 0 Å². The van der Waals surface area contributed by atoms with Gasteiger partial charge < -0.3 is 15.4 Å².